The number of aryl methyl sites for hydroxylation is 1. The van der Waals surface area contributed by atoms with Crippen molar-refractivity contribution < 1.29 is 14.6 Å². The molecule has 1 N–H and O–H groups in total. The van der Waals surface area contributed by atoms with Crippen molar-refractivity contribution in [3.63, 3.8) is 0 Å². The van der Waals surface area contributed by atoms with E-state index in [1.165, 1.54) is 0 Å². The Morgan fingerprint density at radius 1 is 1.44 bits per heavy atom. The summed E-state index contributed by atoms with van der Waals surface area (Å²) in [6, 6.07) is 5.45. The van der Waals surface area contributed by atoms with Gasteiger partial charge in [0, 0.05) is 11.4 Å². The van der Waals surface area contributed by atoms with Crippen LogP contribution in [-0.2, 0) is 4.79 Å². The van der Waals surface area contributed by atoms with Crippen LogP contribution >= 0.6 is 11.6 Å². The number of hydrogen-bond acceptors (Lipinski definition) is 2. The minimum absolute atomic E-state index is 0.197. The summed E-state index contributed by atoms with van der Waals surface area (Å²) in [6.07, 6.45) is 1.58. The zero-order valence-electron chi connectivity index (χ0n) is 9.20. The van der Waals surface area contributed by atoms with Gasteiger partial charge in [0.25, 0.3) is 0 Å². The summed E-state index contributed by atoms with van der Waals surface area (Å²) in [5.41, 5.74) is 0.991. The van der Waals surface area contributed by atoms with Gasteiger partial charge in [0.05, 0.1) is 6.61 Å². The third-order valence-corrected chi connectivity index (χ3v) is 2.41. The molecule has 1 aromatic rings. The fraction of sp³-hybridized carbons (Fsp3) is 0.417. The normalized spacial score (nSPS) is 10.1. The summed E-state index contributed by atoms with van der Waals surface area (Å²) in [7, 11) is 0. The van der Waals surface area contributed by atoms with Crippen LogP contribution in [0.4, 0.5) is 0 Å². The molecule has 0 heterocycles. The molecule has 1 rings (SSSR count). The summed E-state index contributed by atoms with van der Waals surface area (Å²) in [4.78, 5) is 10.3. The van der Waals surface area contributed by atoms with Crippen LogP contribution < -0.4 is 4.74 Å². The molecular weight excluding hydrogens is 228 g/mol. The fourth-order valence-corrected chi connectivity index (χ4v) is 1.56. The van der Waals surface area contributed by atoms with Crippen LogP contribution in [-0.4, -0.2) is 17.7 Å². The minimum Gasteiger partial charge on any atom is -0.493 e. The van der Waals surface area contributed by atoms with Gasteiger partial charge in [0.2, 0.25) is 0 Å². The molecule has 0 radical (unpaired) electrons. The second-order valence-corrected chi connectivity index (χ2v) is 4.05. The average molecular weight is 243 g/mol. The number of carbonyl (C=O) groups is 1. The van der Waals surface area contributed by atoms with Gasteiger partial charge in [-0.15, -0.1) is 0 Å². The van der Waals surface area contributed by atoms with Crippen LogP contribution in [0.15, 0.2) is 18.2 Å². The Labute approximate surface area is 100.0 Å². The molecule has 0 unspecified atom stereocenters. The molecule has 0 amide bonds. The minimum atomic E-state index is -0.761. The van der Waals surface area contributed by atoms with E-state index in [0.29, 0.717) is 18.1 Å². The molecule has 0 bridgehead atoms. The van der Waals surface area contributed by atoms with Crippen molar-refractivity contribution >= 4 is 17.6 Å². The van der Waals surface area contributed by atoms with Crippen LogP contribution in [0.1, 0.15) is 24.8 Å². The first-order valence-electron chi connectivity index (χ1n) is 5.20. The molecule has 3 nitrogen and oxygen atoms in total. The van der Waals surface area contributed by atoms with Crippen LogP contribution in [0.25, 0.3) is 0 Å². The zero-order valence-corrected chi connectivity index (χ0v) is 9.96. The Morgan fingerprint density at radius 3 is 2.81 bits per heavy atom. The van der Waals surface area contributed by atoms with Crippen molar-refractivity contribution in [3.05, 3.63) is 28.8 Å². The van der Waals surface area contributed by atoms with Gasteiger partial charge in [-0.05, 0) is 43.5 Å². The Bertz CT molecular complexity index is 363. The molecule has 0 atom stereocenters. The number of aliphatic carboxylic acids is 1. The molecule has 4 heteroatoms. The molecule has 1 aromatic carbocycles. The van der Waals surface area contributed by atoms with Crippen LogP contribution in [0.2, 0.25) is 5.02 Å². The number of rotatable bonds is 6. The SMILES string of the molecule is Cc1cc(Cl)ccc1OCCCCC(=O)O. The number of halogens is 1. The number of hydrogen-bond donors (Lipinski definition) is 1. The van der Waals surface area contributed by atoms with Gasteiger partial charge in [-0.3, -0.25) is 4.79 Å². The summed E-state index contributed by atoms with van der Waals surface area (Å²) >= 11 is 5.81. The highest BCUT2D eigenvalue weighted by atomic mass is 35.5. The third kappa shape index (κ3) is 4.53. The Hall–Kier alpha value is -1.22. The fourth-order valence-electron chi connectivity index (χ4n) is 1.34. The van der Waals surface area contributed by atoms with Crippen molar-refractivity contribution in [2.45, 2.75) is 26.2 Å². The van der Waals surface area contributed by atoms with Gasteiger partial charge in [0.1, 0.15) is 5.75 Å². The van der Waals surface area contributed by atoms with E-state index in [4.69, 9.17) is 21.4 Å². The predicted octanol–water partition coefficient (Wildman–Crippen LogP) is 3.28. The maximum Gasteiger partial charge on any atom is 0.303 e. The van der Waals surface area contributed by atoms with Gasteiger partial charge in [-0.25, -0.2) is 0 Å². The van der Waals surface area contributed by atoms with Gasteiger partial charge in [-0.1, -0.05) is 11.6 Å². The van der Waals surface area contributed by atoms with E-state index in [0.717, 1.165) is 17.7 Å². The second-order valence-electron chi connectivity index (χ2n) is 3.61. The van der Waals surface area contributed by atoms with E-state index in [1.54, 1.807) is 6.07 Å². The van der Waals surface area contributed by atoms with E-state index in [-0.39, 0.29) is 6.42 Å². The number of unbranched alkanes of at least 4 members (excludes halogenated alkanes) is 1. The summed E-state index contributed by atoms with van der Waals surface area (Å²) in [6.45, 7) is 2.47. The van der Waals surface area contributed by atoms with Gasteiger partial charge >= 0.3 is 5.97 Å². The lowest BCUT2D eigenvalue weighted by atomic mass is 10.2. The van der Waals surface area contributed by atoms with Crippen molar-refractivity contribution in [2.75, 3.05) is 6.61 Å². The number of ether oxygens (including phenoxy) is 1. The molecule has 0 saturated carbocycles. The van der Waals surface area contributed by atoms with E-state index >= 15 is 0 Å². The lowest BCUT2D eigenvalue weighted by molar-refractivity contribution is -0.137. The highest BCUT2D eigenvalue weighted by Crippen LogP contribution is 2.21. The maximum atomic E-state index is 10.3. The Morgan fingerprint density at radius 2 is 2.19 bits per heavy atom. The number of benzene rings is 1. The first kappa shape index (κ1) is 12.8. The smallest absolute Gasteiger partial charge is 0.303 e. The van der Waals surface area contributed by atoms with Gasteiger partial charge < -0.3 is 9.84 Å². The predicted molar refractivity (Wildman–Crippen MR) is 63.2 cm³/mol. The molecule has 16 heavy (non-hydrogen) atoms. The largest absolute Gasteiger partial charge is 0.493 e. The molecule has 88 valence electrons. The van der Waals surface area contributed by atoms with E-state index in [9.17, 15) is 4.79 Å². The Balaban J connectivity index is 2.29. The molecule has 0 aliphatic rings. The van der Waals surface area contributed by atoms with E-state index in [2.05, 4.69) is 0 Å². The van der Waals surface area contributed by atoms with Gasteiger partial charge in [0.15, 0.2) is 0 Å². The summed E-state index contributed by atoms with van der Waals surface area (Å²) in [5.74, 6) is 0.0439. The molecule has 0 aliphatic carbocycles. The highest BCUT2D eigenvalue weighted by molar-refractivity contribution is 6.30. The second kappa shape index (κ2) is 6.38. The molecule has 0 spiro atoms. The number of carboxylic acids is 1. The highest BCUT2D eigenvalue weighted by Gasteiger charge is 2.01. The van der Waals surface area contributed by atoms with Crippen molar-refractivity contribution in [1.29, 1.82) is 0 Å². The van der Waals surface area contributed by atoms with Crippen LogP contribution in [0.5, 0.6) is 5.75 Å². The quantitative estimate of drug-likeness (QED) is 0.779. The lowest BCUT2D eigenvalue weighted by Crippen LogP contribution is -2.01. The van der Waals surface area contributed by atoms with Crippen LogP contribution in [0, 0.1) is 6.92 Å². The van der Waals surface area contributed by atoms with Crippen molar-refractivity contribution in [2.24, 2.45) is 0 Å². The van der Waals surface area contributed by atoms with E-state index in [1.807, 2.05) is 19.1 Å². The third-order valence-electron chi connectivity index (χ3n) is 2.18. The van der Waals surface area contributed by atoms with Crippen molar-refractivity contribution in [3.8, 4) is 5.75 Å². The maximum absolute atomic E-state index is 10.3. The molecule has 0 aliphatic heterocycles. The Kier molecular flexibility index (Phi) is 5.12. The first-order chi connectivity index (χ1) is 7.59. The summed E-state index contributed by atoms with van der Waals surface area (Å²) in [5, 5.41) is 9.14. The average Bonchev–Trinajstić information content (AvgIpc) is 2.20. The monoisotopic (exact) mass is 242 g/mol. The summed E-state index contributed by atoms with van der Waals surface area (Å²) < 4.78 is 5.52. The molecule has 0 saturated heterocycles. The van der Waals surface area contributed by atoms with Crippen LogP contribution in [0.3, 0.4) is 0 Å². The number of carboxylic acid groups (broad SMARTS) is 1. The molecule has 0 aromatic heterocycles. The first-order valence-corrected chi connectivity index (χ1v) is 5.58. The molecular formula is C12H15ClO3. The van der Waals surface area contributed by atoms with Gasteiger partial charge in [-0.2, -0.15) is 0 Å². The zero-order chi connectivity index (χ0) is 12.0. The van der Waals surface area contributed by atoms with Crippen molar-refractivity contribution in [1.82, 2.24) is 0 Å². The lowest BCUT2D eigenvalue weighted by Gasteiger charge is -2.08. The standard InChI is InChI=1S/C12H15ClO3/c1-9-8-10(13)5-6-11(9)16-7-3-2-4-12(14)15/h5-6,8H,2-4,7H2,1H3,(H,14,15). The molecule has 0 fully saturated rings. The topological polar surface area (TPSA) is 46.5 Å². The van der Waals surface area contributed by atoms with E-state index < -0.39 is 5.97 Å².